The number of ether oxygens (including phenoxy) is 1. The smallest absolute Gasteiger partial charge is 0.142 e. The summed E-state index contributed by atoms with van der Waals surface area (Å²) in [4.78, 5) is 4.13. The van der Waals surface area contributed by atoms with Crippen LogP contribution in [0.5, 0.6) is 0 Å². The van der Waals surface area contributed by atoms with E-state index in [0.29, 0.717) is 12.3 Å². The molecular formula is C11H15N3O. The number of aromatic nitrogens is 1. The Bertz CT molecular complexity index is 346. The molecule has 0 saturated carbocycles. The van der Waals surface area contributed by atoms with Crippen molar-refractivity contribution in [3.8, 4) is 6.07 Å². The molecule has 1 N–H and O–H groups in total. The van der Waals surface area contributed by atoms with Gasteiger partial charge in [0.05, 0.1) is 0 Å². The molecule has 1 unspecified atom stereocenters. The highest BCUT2D eigenvalue weighted by molar-refractivity contribution is 5.38. The molecule has 1 atom stereocenters. The Morgan fingerprint density at radius 2 is 2.40 bits per heavy atom. The quantitative estimate of drug-likeness (QED) is 0.796. The van der Waals surface area contributed by atoms with Crippen LogP contribution in [0.25, 0.3) is 0 Å². The van der Waals surface area contributed by atoms with Crippen molar-refractivity contribution in [2.45, 2.75) is 19.4 Å². The van der Waals surface area contributed by atoms with Gasteiger partial charge in [-0.1, -0.05) is 6.07 Å². The van der Waals surface area contributed by atoms with Crippen LogP contribution in [-0.2, 0) is 4.74 Å². The van der Waals surface area contributed by atoms with Crippen LogP contribution in [0.1, 0.15) is 19.0 Å². The first-order chi connectivity index (χ1) is 7.26. The fourth-order valence-corrected chi connectivity index (χ4v) is 1.20. The van der Waals surface area contributed by atoms with Crippen LogP contribution in [0, 0.1) is 11.3 Å². The molecule has 1 rings (SSSR count). The van der Waals surface area contributed by atoms with Gasteiger partial charge >= 0.3 is 0 Å². The maximum absolute atomic E-state index is 8.68. The number of nitrogens with zero attached hydrogens (tertiary/aromatic N) is 2. The molecule has 0 amide bonds. The van der Waals surface area contributed by atoms with Crippen molar-refractivity contribution in [3.05, 3.63) is 23.9 Å². The van der Waals surface area contributed by atoms with Gasteiger partial charge in [0.25, 0.3) is 0 Å². The summed E-state index contributed by atoms with van der Waals surface area (Å²) in [5, 5.41) is 11.9. The number of hydrogen-bond donors (Lipinski definition) is 1. The van der Waals surface area contributed by atoms with Crippen LogP contribution >= 0.6 is 0 Å². The highest BCUT2D eigenvalue weighted by atomic mass is 16.5. The monoisotopic (exact) mass is 205 g/mol. The number of anilines is 1. The molecule has 4 nitrogen and oxygen atoms in total. The van der Waals surface area contributed by atoms with Crippen molar-refractivity contribution in [1.82, 2.24) is 4.98 Å². The Hall–Kier alpha value is -1.60. The molecule has 1 aromatic rings. The van der Waals surface area contributed by atoms with Crippen LogP contribution < -0.4 is 5.32 Å². The second-order valence-electron chi connectivity index (χ2n) is 3.35. The minimum absolute atomic E-state index is 0.284. The first-order valence-corrected chi connectivity index (χ1v) is 4.89. The lowest BCUT2D eigenvalue weighted by Gasteiger charge is -2.13. The summed E-state index contributed by atoms with van der Waals surface area (Å²) in [5.41, 5.74) is 0.430. The van der Waals surface area contributed by atoms with E-state index in [1.165, 1.54) is 0 Å². The minimum Gasteiger partial charge on any atom is -0.385 e. The number of hydrogen-bond acceptors (Lipinski definition) is 4. The first kappa shape index (κ1) is 11.5. The van der Waals surface area contributed by atoms with E-state index in [2.05, 4.69) is 17.2 Å². The molecule has 0 radical (unpaired) electrons. The first-order valence-electron chi connectivity index (χ1n) is 4.89. The van der Waals surface area contributed by atoms with Gasteiger partial charge in [-0.15, -0.1) is 0 Å². The molecule has 1 heterocycles. The molecular weight excluding hydrogens is 190 g/mol. The number of pyridine rings is 1. The minimum atomic E-state index is 0.284. The van der Waals surface area contributed by atoms with Gasteiger partial charge in [-0.2, -0.15) is 5.26 Å². The number of nitriles is 1. The van der Waals surface area contributed by atoms with E-state index >= 15 is 0 Å². The Morgan fingerprint density at radius 3 is 3.07 bits per heavy atom. The summed E-state index contributed by atoms with van der Waals surface area (Å²) in [7, 11) is 1.68. The van der Waals surface area contributed by atoms with Crippen LogP contribution in [0.4, 0.5) is 5.82 Å². The second-order valence-corrected chi connectivity index (χ2v) is 3.35. The van der Waals surface area contributed by atoms with E-state index in [9.17, 15) is 0 Å². The van der Waals surface area contributed by atoms with Crippen molar-refractivity contribution in [3.63, 3.8) is 0 Å². The van der Waals surface area contributed by atoms with Crippen LogP contribution in [-0.4, -0.2) is 24.7 Å². The predicted molar refractivity (Wildman–Crippen MR) is 58.5 cm³/mol. The molecule has 0 aliphatic carbocycles. The highest BCUT2D eigenvalue weighted by Crippen LogP contribution is 2.07. The molecule has 0 aliphatic rings. The van der Waals surface area contributed by atoms with Gasteiger partial charge in [0, 0.05) is 19.8 Å². The SMILES string of the molecule is COCCC(C)Nc1cccc(C#N)n1. The molecule has 0 aliphatic heterocycles. The molecule has 0 spiro atoms. The standard InChI is InChI=1S/C11H15N3O/c1-9(6-7-15-2)13-11-5-3-4-10(8-12)14-11/h3-5,9H,6-7H2,1-2H3,(H,13,14). The summed E-state index contributed by atoms with van der Waals surface area (Å²) in [6.07, 6.45) is 0.912. The second kappa shape index (κ2) is 5.99. The van der Waals surface area contributed by atoms with Gasteiger partial charge in [-0.05, 0) is 25.5 Å². The van der Waals surface area contributed by atoms with Gasteiger partial charge < -0.3 is 10.1 Å². The summed E-state index contributed by atoms with van der Waals surface area (Å²) >= 11 is 0. The van der Waals surface area contributed by atoms with Crippen LogP contribution in [0.2, 0.25) is 0 Å². The third kappa shape index (κ3) is 3.96. The van der Waals surface area contributed by atoms with Gasteiger partial charge in [0.15, 0.2) is 0 Å². The Balaban J connectivity index is 2.53. The van der Waals surface area contributed by atoms with Gasteiger partial charge in [-0.3, -0.25) is 0 Å². The van der Waals surface area contributed by atoms with Crippen molar-refractivity contribution >= 4 is 5.82 Å². The summed E-state index contributed by atoms with van der Waals surface area (Å²) in [5.74, 6) is 0.734. The zero-order valence-electron chi connectivity index (χ0n) is 9.03. The summed E-state index contributed by atoms with van der Waals surface area (Å²) in [6.45, 7) is 2.77. The maximum Gasteiger partial charge on any atom is 0.142 e. The zero-order chi connectivity index (χ0) is 11.1. The molecule has 1 aromatic heterocycles. The van der Waals surface area contributed by atoms with Crippen LogP contribution in [0.3, 0.4) is 0 Å². The van der Waals surface area contributed by atoms with E-state index in [4.69, 9.17) is 10.00 Å². The third-order valence-corrected chi connectivity index (χ3v) is 2.01. The maximum atomic E-state index is 8.68. The zero-order valence-corrected chi connectivity index (χ0v) is 9.03. The van der Waals surface area contributed by atoms with Gasteiger partial charge in [-0.25, -0.2) is 4.98 Å². The lowest BCUT2D eigenvalue weighted by molar-refractivity contribution is 0.191. The summed E-state index contributed by atoms with van der Waals surface area (Å²) < 4.78 is 4.98. The van der Waals surface area contributed by atoms with E-state index in [0.717, 1.165) is 12.2 Å². The van der Waals surface area contributed by atoms with Crippen molar-refractivity contribution in [2.75, 3.05) is 19.0 Å². The largest absolute Gasteiger partial charge is 0.385 e. The number of methoxy groups -OCH3 is 1. The molecule has 0 bridgehead atoms. The lowest BCUT2D eigenvalue weighted by atomic mass is 10.2. The number of rotatable bonds is 5. The Labute approximate surface area is 89.9 Å². The molecule has 0 fully saturated rings. The van der Waals surface area contributed by atoms with E-state index in [1.807, 2.05) is 18.2 Å². The third-order valence-electron chi connectivity index (χ3n) is 2.01. The van der Waals surface area contributed by atoms with Crippen molar-refractivity contribution in [1.29, 1.82) is 5.26 Å². The fourth-order valence-electron chi connectivity index (χ4n) is 1.20. The molecule has 15 heavy (non-hydrogen) atoms. The van der Waals surface area contributed by atoms with Crippen molar-refractivity contribution in [2.24, 2.45) is 0 Å². The lowest BCUT2D eigenvalue weighted by Crippen LogP contribution is -2.18. The fraction of sp³-hybridized carbons (Fsp3) is 0.455. The molecule has 4 heteroatoms. The molecule has 0 saturated heterocycles. The predicted octanol–water partition coefficient (Wildman–Crippen LogP) is 1.79. The van der Waals surface area contributed by atoms with E-state index < -0.39 is 0 Å². The van der Waals surface area contributed by atoms with Crippen LogP contribution in [0.15, 0.2) is 18.2 Å². The average molecular weight is 205 g/mol. The van der Waals surface area contributed by atoms with E-state index in [-0.39, 0.29) is 6.04 Å². The molecule has 80 valence electrons. The Morgan fingerprint density at radius 1 is 1.60 bits per heavy atom. The van der Waals surface area contributed by atoms with Crippen molar-refractivity contribution < 1.29 is 4.74 Å². The summed E-state index contributed by atoms with van der Waals surface area (Å²) in [6, 6.07) is 7.64. The number of nitrogens with one attached hydrogen (secondary N) is 1. The van der Waals surface area contributed by atoms with Gasteiger partial charge in [0.2, 0.25) is 0 Å². The topological polar surface area (TPSA) is 57.9 Å². The highest BCUT2D eigenvalue weighted by Gasteiger charge is 2.02. The normalized spacial score (nSPS) is 11.8. The Kier molecular flexibility index (Phi) is 4.58. The average Bonchev–Trinajstić information content (AvgIpc) is 2.26. The van der Waals surface area contributed by atoms with Gasteiger partial charge in [0.1, 0.15) is 17.6 Å². The van der Waals surface area contributed by atoms with E-state index in [1.54, 1.807) is 13.2 Å². The molecule has 0 aromatic carbocycles.